The Morgan fingerprint density at radius 2 is 2.25 bits per heavy atom. The second-order valence-corrected chi connectivity index (χ2v) is 3.64. The average molecular weight is 168 g/mol. The normalized spacial score (nSPS) is 33.7. The molecule has 1 heterocycles. The molecule has 0 N–H and O–H groups in total. The van der Waals surface area contributed by atoms with Crippen molar-refractivity contribution >= 4 is 0 Å². The first kappa shape index (κ1) is 8.27. The number of hydrogen-bond acceptors (Lipinski definition) is 2. The Hall–Kier alpha value is -0.340. The van der Waals surface area contributed by atoms with E-state index >= 15 is 0 Å². The first-order valence-corrected chi connectivity index (χ1v) is 4.79. The molecule has 2 nitrogen and oxygen atoms in total. The Balaban J connectivity index is 1.55. The second-order valence-electron chi connectivity index (χ2n) is 3.64. The Bertz CT molecular complexity index is 161. The summed E-state index contributed by atoms with van der Waals surface area (Å²) in [4.78, 5) is 0. The van der Waals surface area contributed by atoms with E-state index in [4.69, 9.17) is 9.47 Å². The molecular weight excluding hydrogens is 152 g/mol. The lowest BCUT2D eigenvalue weighted by atomic mass is 9.95. The summed E-state index contributed by atoms with van der Waals surface area (Å²) in [5.74, 6) is 0.758. The molecule has 68 valence electrons. The average Bonchev–Trinajstić information content (AvgIpc) is 2.90. The Morgan fingerprint density at radius 3 is 2.92 bits per heavy atom. The number of allylic oxidation sites excluding steroid dienone is 2. The first-order valence-electron chi connectivity index (χ1n) is 4.79. The summed E-state index contributed by atoms with van der Waals surface area (Å²) in [5, 5.41) is 0. The van der Waals surface area contributed by atoms with Crippen LogP contribution in [-0.4, -0.2) is 25.9 Å². The molecule has 2 heteroatoms. The molecule has 0 spiro atoms. The number of hydrogen-bond donors (Lipinski definition) is 0. The number of rotatable bonds is 4. The fraction of sp³-hybridized carbons (Fsp3) is 0.800. The zero-order valence-corrected chi connectivity index (χ0v) is 7.37. The minimum absolute atomic E-state index is 0.420. The van der Waals surface area contributed by atoms with E-state index in [1.807, 2.05) is 0 Å². The highest BCUT2D eigenvalue weighted by atomic mass is 16.6. The van der Waals surface area contributed by atoms with Gasteiger partial charge in [0.2, 0.25) is 0 Å². The zero-order valence-electron chi connectivity index (χ0n) is 7.37. The molecule has 1 saturated heterocycles. The lowest BCUT2D eigenvalue weighted by molar-refractivity contribution is 0.0832. The van der Waals surface area contributed by atoms with Crippen LogP contribution in [0, 0.1) is 5.92 Å². The smallest absolute Gasteiger partial charge is 0.104 e. The van der Waals surface area contributed by atoms with Crippen LogP contribution in [-0.2, 0) is 9.47 Å². The molecule has 0 amide bonds. The molecule has 1 aliphatic heterocycles. The van der Waals surface area contributed by atoms with E-state index in [-0.39, 0.29) is 0 Å². The van der Waals surface area contributed by atoms with Crippen LogP contribution in [0.1, 0.15) is 19.3 Å². The van der Waals surface area contributed by atoms with Crippen LogP contribution in [0.5, 0.6) is 0 Å². The van der Waals surface area contributed by atoms with Gasteiger partial charge in [0.05, 0.1) is 13.2 Å². The third-order valence-electron chi connectivity index (χ3n) is 2.44. The van der Waals surface area contributed by atoms with E-state index in [2.05, 4.69) is 12.2 Å². The van der Waals surface area contributed by atoms with E-state index in [0.717, 1.165) is 25.7 Å². The van der Waals surface area contributed by atoms with E-state index < -0.39 is 0 Å². The standard InChI is InChI=1S/C10H16O2/c1-2-4-9(5-3-1)6-11-7-10-8-12-10/h1-2,9-10H,3-8H2/t9-,10+/m0/s1. The minimum Gasteiger partial charge on any atom is -0.378 e. The summed E-state index contributed by atoms with van der Waals surface area (Å²) in [6, 6.07) is 0. The van der Waals surface area contributed by atoms with Crippen molar-refractivity contribution in [1.29, 1.82) is 0 Å². The van der Waals surface area contributed by atoms with Gasteiger partial charge in [-0.25, -0.2) is 0 Å². The van der Waals surface area contributed by atoms with Crippen molar-refractivity contribution in [2.75, 3.05) is 19.8 Å². The Kier molecular flexibility index (Phi) is 2.79. The van der Waals surface area contributed by atoms with Crippen LogP contribution in [0.4, 0.5) is 0 Å². The van der Waals surface area contributed by atoms with Crippen LogP contribution in [0.15, 0.2) is 12.2 Å². The van der Waals surface area contributed by atoms with Crippen molar-refractivity contribution in [1.82, 2.24) is 0 Å². The van der Waals surface area contributed by atoms with Crippen molar-refractivity contribution in [3.8, 4) is 0 Å². The summed E-state index contributed by atoms with van der Waals surface area (Å²) in [6.07, 6.45) is 8.68. The van der Waals surface area contributed by atoms with E-state index in [1.54, 1.807) is 0 Å². The van der Waals surface area contributed by atoms with Gasteiger partial charge in [-0.05, 0) is 25.2 Å². The fourth-order valence-corrected chi connectivity index (χ4v) is 1.54. The molecule has 0 bridgehead atoms. The van der Waals surface area contributed by atoms with Gasteiger partial charge in [-0.2, -0.15) is 0 Å². The van der Waals surface area contributed by atoms with Crippen LogP contribution in [0.2, 0.25) is 0 Å². The van der Waals surface area contributed by atoms with E-state index in [0.29, 0.717) is 6.10 Å². The molecule has 0 saturated carbocycles. The molecule has 1 fully saturated rings. The second kappa shape index (κ2) is 4.06. The summed E-state index contributed by atoms with van der Waals surface area (Å²) in [6.45, 7) is 2.63. The van der Waals surface area contributed by atoms with Gasteiger partial charge >= 0.3 is 0 Å². The fourth-order valence-electron chi connectivity index (χ4n) is 1.54. The summed E-state index contributed by atoms with van der Waals surface area (Å²) < 4.78 is 10.6. The minimum atomic E-state index is 0.420. The zero-order chi connectivity index (χ0) is 8.23. The molecule has 2 rings (SSSR count). The molecule has 0 unspecified atom stereocenters. The molecule has 0 aromatic carbocycles. The maximum atomic E-state index is 5.54. The largest absolute Gasteiger partial charge is 0.378 e. The van der Waals surface area contributed by atoms with Crippen molar-refractivity contribution < 1.29 is 9.47 Å². The molecule has 2 atom stereocenters. The van der Waals surface area contributed by atoms with Crippen LogP contribution in [0.25, 0.3) is 0 Å². The Labute approximate surface area is 73.5 Å². The molecule has 1 aliphatic carbocycles. The lowest BCUT2D eigenvalue weighted by Crippen LogP contribution is -2.13. The van der Waals surface area contributed by atoms with Gasteiger partial charge in [-0.1, -0.05) is 12.2 Å². The predicted octanol–water partition coefficient (Wildman–Crippen LogP) is 1.76. The molecule has 2 aliphatic rings. The quantitative estimate of drug-likeness (QED) is 0.471. The lowest BCUT2D eigenvalue weighted by Gasteiger charge is -2.16. The van der Waals surface area contributed by atoms with Gasteiger partial charge < -0.3 is 9.47 Å². The maximum absolute atomic E-state index is 5.54. The highest BCUT2D eigenvalue weighted by molar-refractivity contribution is 4.89. The van der Waals surface area contributed by atoms with Gasteiger partial charge in [-0.3, -0.25) is 0 Å². The predicted molar refractivity (Wildman–Crippen MR) is 47.0 cm³/mol. The van der Waals surface area contributed by atoms with E-state index in [1.165, 1.54) is 19.3 Å². The van der Waals surface area contributed by atoms with Crippen molar-refractivity contribution in [3.05, 3.63) is 12.2 Å². The van der Waals surface area contributed by atoms with Gasteiger partial charge in [0.1, 0.15) is 6.10 Å². The van der Waals surface area contributed by atoms with Crippen molar-refractivity contribution in [2.24, 2.45) is 5.92 Å². The van der Waals surface area contributed by atoms with E-state index in [9.17, 15) is 0 Å². The van der Waals surface area contributed by atoms with Gasteiger partial charge in [-0.15, -0.1) is 0 Å². The molecular formula is C10H16O2. The van der Waals surface area contributed by atoms with Gasteiger partial charge in [0, 0.05) is 6.61 Å². The summed E-state index contributed by atoms with van der Waals surface area (Å²) >= 11 is 0. The van der Waals surface area contributed by atoms with Crippen molar-refractivity contribution in [2.45, 2.75) is 25.4 Å². The van der Waals surface area contributed by atoms with Crippen molar-refractivity contribution in [3.63, 3.8) is 0 Å². The first-order chi connectivity index (χ1) is 5.95. The highest BCUT2D eigenvalue weighted by Crippen LogP contribution is 2.19. The van der Waals surface area contributed by atoms with Crippen LogP contribution in [0.3, 0.4) is 0 Å². The maximum Gasteiger partial charge on any atom is 0.104 e. The Morgan fingerprint density at radius 1 is 1.33 bits per heavy atom. The topological polar surface area (TPSA) is 21.8 Å². The summed E-state index contributed by atoms with van der Waals surface area (Å²) in [7, 11) is 0. The monoisotopic (exact) mass is 168 g/mol. The highest BCUT2D eigenvalue weighted by Gasteiger charge is 2.22. The molecule has 0 aromatic heterocycles. The van der Waals surface area contributed by atoms with Crippen LogP contribution >= 0.6 is 0 Å². The molecule has 12 heavy (non-hydrogen) atoms. The van der Waals surface area contributed by atoms with Crippen LogP contribution < -0.4 is 0 Å². The van der Waals surface area contributed by atoms with Gasteiger partial charge in [0.25, 0.3) is 0 Å². The molecule has 0 aromatic rings. The third kappa shape index (κ3) is 2.61. The van der Waals surface area contributed by atoms with Gasteiger partial charge in [0.15, 0.2) is 0 Å². The number of ether oxygens (including phenoxy) is 2. The summed E-state index contributed by atoms with van der Waals surface area (Å²) in [5.41, 5.74) is 0. The SMILES string of the molecule is C1=CC[C@H](COC[C@@H]2CO2)CC1. The number of epoxide rings is 1. The molecule has 0 radical (unpaired) electrons. The third-order valence-corrected chi connectivity index (χ3v) is 2.44.